The van der Waals surface area contributed by atoms with Crippen molar-refractivity contribution in [3.63, 3.8) is 0 Å². The Morgan fingerprint density at radius 1 is 1.19 bits per heavy atom. The molecule has 21 heavy (non-hydrogen) atoms. The molecular weight excluding hydrogens is 268 g/mol. The Balaban J connectivity index is 2.14. The summed E-state index contributed by atoms with van der Waals surface area (Å²) in [5, 5.41) is 0. The molecule has 0 aliphatic carbocycles. The normalized spacial score (nSPS) is 16.0. The molecule has 5 nitrogen and oxygen atoms in total. The molecule has 2 heterocycles. The lowest BCUT2D eigenvalue weighted by Crippen LogP contribution is -2.34. The number of rotatable bonds is 5. The fourth-order valence-electron chi connectivity index (χ4n) is 2.94. The smallest absolute Gasteiger partial charge is 0.340 e. The zero-order valence-corrected chi connectivity index (χ0v) is 13.1. The van der Waals surface area contributed by atoms with Gasteiger partial charge in [-0.25, -0.2) is 4.79 Å². The number of Topliss-reactive ketones (excluding diaryl/α,β-unsaturated/α-hetero) is 1. The maximum atomic E-state index is 12.5. The Bertz CT molecular complexity index is 528. The number of hydrogen-bond acceptors (Lipinski definition) is 4. The van der Waals surface area contributed by atoms with Gasteiger partial charge in [-0.3, -0.25) is 9.69 Å². The molecule has 1 aliphatic rings. The lowest BCUT2D eigenvalue weighted by molar-refractivity contribution is 0.0525. The highest BCUT2D eigenvalue weighted by Crippen LogP contribution is 2.20. The maximum Gasteiger partial charge on any atom is 0.340 e. The van der Waals surface area contributed by atoms with Crippen LogP contribution in [0.2, 0.25) is 0 Å². The Morgan fingerprint density at radius 2 is 1.86 bits per heavy atom. The van der Waals surface area contributed by atoms with Crippen molar-refractivity contribution in [1.29, 1.82) is 0 Å². The van der Waals surface area contributed by atoms with E-state index in [2.05, 4.69) is 9.88 Å². The summed E-state index contributed by atoms with van der Waals surface area (Å²) in [6.45, 7) is 8.10. The molecule has 0 aromatic carbocycles. The van der Waals surface area contributed by atoms with Crippen molar-refractivity contribution in [2.75, 3.05) is 26.2 Å². The van der Waals surface area contributed by atoms with Crippen LogP contribution in [0.3, 0.4) is 0 Å². The van der Waals surface area contributed by atoms with Crippen LogP contribution in [0.25, 0.3) is 0 Å². The first kappa shape index (κ1) is 15.8. The highest BCUT2D eigenvalue weighted by molar-refractivity contribution is 6.02. The van der Waals surface area contributed by atoms with Gasteiger partial charge >= 0.3 is 5.97 Å². The Kier molecular flexibility index (Phi) is 5.17. The topological polar surface area (TPSA) is 62.4 Å². The monoisotopic (exact) mass is 292 g/mol. The summed E-state index contributed by atoms with van der Waals surface area (Å²) >= 11 is 0. The van der Waals surface area contributed by atoms with E-state index in [-0.39, 0.29) is 11.8 Å². The second kappa shape index (κ2) is 6.89. The van der Waals surface area contributed by atoms with Gasteiger partial charge in [0.15, 0.2) is 5.78 Å². The van der Waals surface area contributed by atoms with E-state index in [1.807, 2.05) is 0 Å². The van der Waals surface area contributed by atoms with E-state index >= 15 is 0 Å². The molecule has 0 spiro atoms. The van der Waals surface area contributed by atoms with E-state index < -0.39 is 0 Å². The Labute approximate surface area is 125 Å². The first-order chi connectivity index (χ1) is 10.0. The van der Waals surface area contributed by atoms with Crippen LogP contribution in [0, 0.1) is 13.8 Å². The van der Waals surface area contributed by atoms with Gasteiger partial charge in [0.1, 0.15) is 0 Å². The molecule has 1 N–H and O–H groups in total. The van der Waals surface area contributed by atoms with Crippen LogP contribution in [0.15, 0.2) is 0 Å². The molecule has 2 rings (SSSR count). The van der Waals surface area contributed by atoms with E-state index in [4.69, 9.17) is 4.74 Å². The number of nitrogens with zero attached hydrogens (tertiary/aromatic N) is 1. The zero-order chi connectivity index (χ0) is 15.4. The third kappa shape index (κ3) is 3.53. The molecule has 0 bridgehead atoms. The van der Waals surface area contributed by atoms with Crippen LogP contribution < -0.4 is 0 Å². The lowest BCUT2D eigenvalue weighted by Gasteiger charge is -2.25. The first-order valence-electron chi connectivity index (χ1n) is 7.66. The van der Waals surface area contributed by atoms with Gasteiger partial charge in [-0.1, -0.05) is 6.42 Å². The maximum absolute atomic E-state index is 12.5. The molecule has 1 aromatic heterocycles. The van der Waals surface area contributed by atoms with Crippen LogP contribution in [0.1, 0.15) is 58.3 Å². The number of aromatic amines is 1. The van der Waals surface area contributed by atoms with Gasteiger partial charge in [0.25, 0.3) is 0 Å². The van der Waals surface area contributed by atoms with Crippen molar-refractivity contribution in [2.45, 2.75) is 40.0 Å². The van der Waals surface area contributed by atoms with E-state index in [0.717, 1.165) is 25.9 Å². The molecule has 0 atom stereocenters. The summed E-state index contributed by atoms with van der Waals surface area (Å²) in [4.78, 5) is 29.7. The minimum absolute atomic E-state index is 0.0491. The SMILES string of the molecule is CCOC(=O)c1c(C)[nH]c(C(=O)CN2CCCCC2)c1C. The molecular formula is C16H24N2O3. The second-order valence-electron chi connectivity index (χ2n) is 5.61. The number of ketones is 1. The van der Waals surface area contributed by atoms with E-state index in [0.29, 0.717) is 35.7 Å². The Hall–Kier alpha value is -1.62. The molecule has 1 aliphatic heterocycles. The molecule has 0 radical (unpaired) electrons. The molecule has 5 heteroatoms. The number of aromatic nitrogens is 1. The molecule has 0 amide bonds. The average Bonchev–Trinajstić information content (AvgIpc) is 2.75. The first-order valence-corrected chi connectivity index (χ1v) is 7.66. The predicted molar refractivity (Wildman–Crippen MR) is 80.8 cm³/mol. The summed E-state index contributed by atoms with van der Waals surface area (Å²) in [5.41, 5.74) is 2.45. The number of ether oxygens (including phenoxy) is 1. The summed E-state index contributed by atoms with van der Waals surface area (Å²) in [7, 11) is 0. The van der Waals surface area contributed by atoms with E-state index in [9.17, 15) is 9.59 Å². The minimum Gasteiger partial charge on any atom is -0.462 e. The number of carbonyl (C=O) groups excluding carboxylic acids is 2. The largest absolute Gasteiger partial charge is 0.462 e. The highest BCUT2D eigenvalue weighted by atomic mass is 16.5. The number of hydrogen-bond donors (Lipinski definition) is 1. The Morgan fingerprint density at radius 3 is 2.48 bits per heavy atom. The quantitative estimate of drug-likeness (QED) is 0.669. The van der Waals surface area contributed by atoms with Crippen LogP contribution in [-0.2, 0) is 4.74 Å². The van der Waals surface area contributed by atoms with Gasteiger partial charge in [-0.05, 0) is 52.3 Å². The summed E-state index contributed by atoms with van der Waals surface area (Å²) in [5.74, 6) is -0.311. The average molecular weight is 292 g/mol. The third-order valence-corrected chi connectivity index (χ3v) is 4.01. The van der Waals surface area contributed by atoms with Crippen LogP contribution >= 0.6 is 0 Å². The standard InChI is InChI=1S/C16H24N2O3/c1-4-21-16(20)14-11(2)15(17-12(14)3)13(19)10-18-8-6-5-7-9-18/h17H,4-10H2,1-3H3. The van der Waals surface area contributed by atoms with Crippen molar-refractivity contribution in [1.82, 2.24) is 9.88 Å². The van der Waals surface area contributed by atoms with Crippen molar-refractivity contribution in [2.24, 2.45) is 0 Å². The van der Waals surface area contributed by atoms with Crippen molar-refractivity contribution in [3.8, 4) is 0 Å². The van der Waals surface area contributed by atoms with Gasteiger partial charge in [-0.15, -0.1) is 0 Å². The van der Waals surface area contributed by atoms with Gasteiger partial charge in [0.05, 0.1) is 24.4 Å². The molecule has 1 aromatic rings. The van der Waals surface area contributed by atoms with Crippen molar-refractivity contribution >= 4 is 11.8 Å². The number of nitrogens with one attached hydrogen (secondary N) is 1. The fourth-order valence-corrected chi connectivity index (χ4v) is 2.94. The highest BCUT2D eigenvalue weighted by Gasteiger charge is 2.24. The van der Waals surface area contributed by atoms with Gasteiger partial charge in [-0.2, -0.15) is 0 Å². The predicted octanol–water partition coefficient (Wildman–Crippen LogP) is 2.48. The van der Waals surface area contributed by atoms with Crippen LogP contribution in [0.5, 0.6) is 0 Å². The fraction of sp³-hybridized carbons (Fsp3) is 0.625. The number of aryl methyl sites for hydroxylation is 1. The van der Waals surface area contributed by atoms with Gasteiger partial charge in [0.2, 0.25) is 0 Å². The second-order valence-corrected chi connectivity index (χ2v) is 5.61. The molecule has 0 saturated carbocycles. The summed E-state index contributed by atoms with van der Waals surface area (Å²) in [6.07, 6.45) is 3.56. The number of likely N-dealkylation sites (tertiary alicyclic amines) is 1. The van der Waals surface area contributed by atoms with Crippen molar-refractivity contribution < 1.29 is 14.3 Å². The summed E-state index contributed by atoms with van der Waals surface area (Å²) < 4.78 is 5.05. The number of carbonyl (C=O) groups is 2. The number of piperidine rings is 1. The van der Waals surface area contributed by atoms with E-state index in [1.54, 1.807) is 20.8 Å². The lowest BCUT2D eigenvalue weighted by atomic mass is 10.1. The van der Waals surface area contributed by atoms with Crippen molar-refractivity contribution in [3.05, 3.63) is 22.5 Å². The van der Waals surface area contributed by atoms with Gasteiger partial charge < -0.3 is 9.72 Å². The minimum atomic E-state index is -0.360. The van der Waals surface area contributed by atoms with Gasteiger partial charge in [0, 0.05) is 5.69 Å². The van der Waals surface area contributed by atoms with Crippen LogP contribution in [-0.4, -0.2) is 47.9 Å². The van der Waals surface area contributed by atoms with Crippen LogP contribution in [0.4, 0.5) is 0 Å². The number of H-pyrrole nitrogens is 1. The molecule has 116 valence electrons. The third-order valence-electron chi connectivity index (χ3n) is 4.01. The molecule has 0 unspecified atom stereocenters. The molecule has 1 fully saturated rings. The number of esters is 1. The summed E-state index contributed by atoms with van der Waals surface area (Å²) in [6, 6.07) is 0. The zero-order valence-electron chi connectivity index (χ0n) is 13.1. The van der Waals surface area contributed by atoms with E-state index in [1.165, 1.54) is 6.42 Å². The molecule has 1 saturated heterocycles.